The molecule has 1 aromatic carbocycles. The van der Waals surface area contributed by atoms with Gasteiger partial charge in [-0.05, 0) is 31.5 Å². The summed E-state index contributed by atoms with van der Waals surface area (Å²) in [4.78, 5) is 21.6. The van der Waals surface area contributed by atoms with Gasteiger partial charge in [-0.1, -0.05) is 12.1 Å². The minimum absolute atomic E-state index is 0.0399. The average molecular weight is 535 g/mol. The van der Waals surface area contributed by atoms with Crippen molar-refractivity contribution >= 4 is 11.7 Å². The van der Waals surface area contributed by atoms with E-state index in [1.165, 1.54) is 11.6 Å². The van der Waals surface area contributed by atoms with E-state index in [9.17, 15) is 26.7 Å². The fraction of sp³-hybridized carbons (Fsp3) is 0.375. The highest BCUT2D eigenvalue weighted by Crippen LogP contribution is 2.34. The molecule has 38 heavy (non-hydrogen) atoms. The largest absolute Gasteiger partial charge is 0.434 e. The number of benzene rings is 1. The van der Waals surface area contributed by atoms with Crippen LogP contribution < -0.4 is 5.32 Å². The molecular weight excluding hydrogens is 513 g/mol. The third-order valence-electron chi connectivity index (χ3n) is 6.19. The monoisotopic (exact) mass is 535 g/mol. The van der Waals surface area contributed by atoms with Crippen LogP contribution in [0.2, 0.25) is 0 Å². The smallest absolute Gasteiger partial charge is 0.367 e. The second-order valence-corrected chi connectivity index (χ2v) is 8.75. The van der Waals surface area contributed by atoms with Crippen LogP contribution in [0.3, 0.4) is 0 Å². The van der Waals surface area contributed by atoms with Crippen LogP contribution in [0.5, 0.6) is 0 Å². The summed E-state index contributed by atoms with van der Waals surface area (Å²) in [6.45, 7) is 1.85. The number of anilines is 1. The van der Waals surface area contributed by atoms with E-state index in [1.54, 1.807) is 38.2 Å². The summed E-state index contributed by atoms with van der Waals surface area (Å²) in [6.07, 6.45) is -8.05. The van der Waals surface area contributed by atoms with E-state index in [0.29, 0.717) is 28.6 Å². The van der Waals surface area contributed by atoms with Gasteiger partial charge < -0.3 is 15.0 Å². The molecule has 0 spiro atoms. The maximum atomic E-state index is 14.4. The molecule has 4 rings (SSSR count). The van der Waals surface area contributed by atoms with Crippen molar-refractivity contribution in [2.24, 2.45) is 7.05 Å². The number of rotatable bonds is 5. The molecule has 1 aliphatic heterocycles. The minimum Gasteiger partial charge on any atom is -0.367 e. The average Bonchev–Trinajstić information content (AvgIpc) is 3.16. The topological polar surface area (TPSA) is 109 Å². The van der Waals surface area contributed by atoms with Crippen molar-refractivity contribution in [2.75, 3.05) is 18.4 Å². The molecule has 0 saturated carbocycles. The number of morpholine rings is 1. The zero-order chi connectivity index (χ0) is 27.8. The van der Waals surface area contributed by atoms with Crippen LogP contribution in [0.4, 0.5) is 27.8 Å². The number of aryl methyl sites for hydroxylation is 1. The molecule has 200 valence electrons. The minimum atomic E-state index is -4.67. The number of alkyl halides is 5. The molecule has 0 unspecified atom stereocenters. The Morgan fingerprint density at radius 3 is 2.50 bits per heavy atom. The summed E-state index contributed by atoms with van der Waals surface area (Å²) in [5, 5.41) is 16.1. The van der Waals surface area contributed by atoms with Gasteiger partial charge >= 0.3 is 12.3 Å². The van der Waals surface area contributed by atoms with Gasteiger partial charge in [-0.15, -0.1) is 0 Å². The summed E-state index contributed by atoms with van der Waals surface area (Å²) in [7, 11) is 1.61. The van der Waals surface area contributed by atoms with Gasteiger partial charge in [-0.2, -0.15) is 32.3 Å². The zero-order valence-corrected chi connectivity index (χ0v) is 20.4. The van der Waals surface area contributed by atoms with Gasteiger partial charge in [0.15, 0.2) is 11.4 Å². The van der Waals surface area contributed by atoms with Gasteiger partial charge in [-0.3, -0.25) is 9.48 Å². The van der Waals surface area contributed by atoms with Gasteiger partial charge in [-0.25, -0.2) is 9.97 Å². The first-order chi connectivity index (χ1) is 17.8. The Balaban J connectivity index is 1.64. The van der Waals surface area contributed by atoms with Gasteiger partial charge in [0, 0.05) is 24.8 Å². The molecule has 2 aromatic heterocycles. The lowest BCUT2D eigenvalue weighted by Gasteiger charge is -2.43. The van der Waals surface area contributed by atoms with Crippen molar-refractivity contribution in [3.8, 4) is 17.2 Å². The third-order valence-corrected chi connectivity index (χ3v) is 6.19. The number of aromatic nitrogens is 4. The maximum Gasteiger partial charge on any atom is 0.434 e. The lowest BCUT2D eigenvalue weighted by atomic mass is 10.00. The normalized spacial score (nSPS) is 19.2. The number of carbonyl (C=O) groups excluding carboxylic acids is 1. The van der Waals surface area contributed by atoms with E-state index in [4.69, 9.17) is 10.00 Å². The Hall–Kier alpha value is -4.12. The van der Waals surface area contributed by atoms with E-state index >= 15 is 0 Å². The summed E-state index contributed by atoms with van der Waals surface area (Å²) < 4.78 is 73.5. The number of nitriles is 1. The van der Waals surface area contributed by atoms with Crippen molar-refractivity contribution in [1.82, 2.24) is 24.6 Å². The molecule has 1 aliphatic rings. The molecule has 9 nitrogen and oxygen atoms in total. The number of halogens is 5. The number of carbonyl (C=O) groups is 1. The van der Waals surface area contributed by atoms with E-state index < -0.39 is 42.6 Å². The second kappa shape index (κ2) is 9.97. The highest BCUT2D eigenvalue weighted by atomic mass is 19.4. The highest BCUT2D eigenvalue weighted by Gasteiger charge is 2.48. The van der Waals surface area contributed by atoms with Crippen LogP contribution in [0.15, 0.2) is 36.7 Å². The number of amides is 1. The molecular formula is C24H22F5N7O2. The quantitative estimate of drug-likeness (QED) is 0.492. The van der Waals surface area contributed by atoms with E-state index in [2.05, 4.69) is 20.4 Å². The predicted octanol–water partition coefficient (Wildman–Crippen LogP) is 4.01. The Bertz CT molecular complexity index is 1370. The van der Waals surface area contributed by atoms with Gasteiger partial charge in [0.2, 0.25) is 0 Å². The Morgan fingerprint density at radius 2 is 1.92 bits per heavy atom. The predicted molar refractivity (Wildman–Crippen MR) is 124 cm³/mol. The lowest BCUT2D eigenvalue weighted by Crippen LogP contribution is -2.61. The van der Waals surface area contributed by atoms with Gasteiger partial charge in [0.05, 0.1) is 36.2 Å². The van der Waals surface area contributed by atoms with E-state index in [1.807, 2.05) is 6.07 Å². The van der Waals surface area contributed by atoms with Gasteiger partial charge in [0.25, 0.3) is 5.91 Å². The first kappa shape index (κ1) is 26.9. The molecule has 14 heteroatoms. The van der Waals surface area contributed by atoms with E-state index in [0.717, 1.165) is 11.1 Å². The highest BCUT2D eigenvalue weighted by molar-refractivity contribution is 6.00. The van der Waals surface area contributed by atoms with Crippen LogP contribution in [0, 0.1) is 18.3 Å². The maximum absolute atomic E-state index is 14.4. The van der Waals surface area contributed by atoms with Crippen LogP contribution in [-0.2, 0) is 18.0 Å². The molecule has 2 atom stereocenters. The Kier molecular flexibility index (Phi) is 7.07. The molecule has 1 amide bonds. The fourth-order valence-electron chi connectivity index (χ4n) is 4.18. The Labute approximate surface area is 213 Å². The molecule has 0 bridgehead atoms. The summed E-state index contributed by atoms with van der Waals surface area (Å²) in [5.74, 6) is -0.824. The lowest BCUT2D eigenvalue weighted by molar-refractivity contribution is -0.298. The molecule has 3 heterocycles. The number of nitrogens with one attached hydrogen (secondary N) is 1. The number of ether oxygens (including phenoxy) is 1. The van der Waals surface area contributed by atoms with Crippen LogP contribution in [0.1, 0.15) is 34.4 Å². The summed E-state index contributed by atoms with van der Waals surface area (Å²) in [5.41, 5.74) is 0.738. The SMILES string of the molecule is Cc1c(-c2ccc(C#N)cc2)c(C(=O)N2CC(F)(F)O[C@@H](C)[C@H]2CNc2cnc(C(F)(F)F)cn2)nn1C. The second-order valence-electron chi connectivity index (χ2n) is 8.75. The molecule has 0 radical (unpaired) electrons. The number of nitrogens with zero attached hydrogens (tertiary/aromatic N) is 6. The first-order valence-corrected chi connectivity index (χ1v) is 11.3. The summed E-state index contributed by atoms with van der Waals surface area (Å²) >= 11 is 0. The molecule has 0 aliphatic carbocycles. The number of hydrogen-bond acceptors (Lipinski definition) is 7. The number of hydrogen-bond donors (Lipinski definition) is 1. The molecule has 1 saturated heterocycles. The molecule has 1 fully saturated rings. The fourth-order valence-corrected chi connectivity index (χ4v) is 4.18. The van der Waals surface area contributed by atoms with Crippen LogP contribution >= 0.6 is 0 Å². The van der Waals surface area contributed by atoms with Crippen molar-refractivity contribution in [1.29, 1.82) is 5.26 Å². The van der Waals surface area contributed by atoms with Gasteiger partial charge in [0.1, 0.15) is 12.4 Å². The van der Waals surface area contributed by atoms with Crippen LogP contribution in [0.25, 0.3) is 11.1 Å². The van der Waals surface area contributed by atoms with E-state index in [-0.39, 0.29) is 18.1 Å². The van der Waals surface area contributed by atoms with Crippen molar-refractivity contribution in [3.05, 3.63) is 59.3 Å². The van der Waals surface area contributed by atoms with Crippen LogP contribution in [-0.4, -0.2) is 61.9 Å². The van der Waals surface area contributed by atoms with Crippen molar-refractivity contribution in [3.63, 3.8) is 0 Å². The first-order valence-electron chi connectivity index (χ1n) is 11.3. The molecule has 1 N–H and O–H groups in total. The summed E-state index contributed by atoms with van der Waals surface area (Å²) in [6, 6.07) is 7.46. The standard InChI is InChI=1S/C24H22F5N7O2/c1-13-20(16-6-4-15(8-30)5-7-16)21(34-35(13)3)22(37)36-12-23(25,26)38-14(2)17(36)9-32-19-11-31-18(10-33-19)24(27,28)29/h4-7,10-11,14,17H,9,12H2,1-3H3,(H,32,33)/t14-,17+/m0/s1. The zero-order valence-electron chi connectivity index (χ0n) is 20.4. The third kappa shape index (κ3) is 5.42. The Morgan fingerprint density at radius 1 is 1.24 bits per heavy atom. The molecule has 3 aromatic rings. The van der Waals surface area contributed by atoms with Crippen molar-refractivity contribution < 1.29 is 31.5 Å². The van der Waals surface area contributed by atoms with Crippen molar-refractivity contribution in [2.45, 2.75) is 38.3 Å².